The van der Waals surface area contributed by atoms with E-state index in [0.717, 1.165) is 6.54 Å². The summed E-state index contributed by atoms with van der Waals surface area (Å²) in [6.07, 6.45) is 0.978. The van der Waals surface area contributed by atoms with Crippen molar-refractivity contribution >= 4 is 11.8 Å². The van der Waals surface area contributed by atoms with E-state index in [1.54, 1.807) is 0 Å². The van der Waals surface area contributed by atoms with Crippen molar-refractivity contribution in [2.24, 2.45) is 5.41 Å². The Morgan fingerprint density at radius 2 is 2.23 bits per heavy atom. The molecule has 0 radical (unpaired) electrons. The van der Waals surface area contributed by atoms with Crippen molar-refractivity contribution in [1.29, 1.82) is 0 Å². The zero-order valence-electron chi connectivity index (χ0n) is 8.05. The first kappa shape index (κ1) is 10.2. The molecule has 0 spiro atoms. The number of carbonyl (C=O) groups excluding carboxylic acids is 2. The molecule has 0 aliphatic carbocycles. The molecule has 1 N–H and O–H groups in total. The zero-order chi connectivity index (χ0) is 9.90. The number of rotatable bonds is 3. The van der Waals surface area contributed by atoms with Gasteiger partial charge in [-0.25, -0.2) is 0 Å². The van der Waals surface area contributed by atoms with Gasteiger partial charge < -0.3 is 10.1 Å². The SMILES string of the molecule is COC(=O)C1(CC(C)=O)CCNC1. The van der Waals surface area contributed by atoms with Gasteiger partial charge in [0.05, 0.1) is 12.5 Å². The lowest BCUT2D eigenvalue weighted by Gasteiger charge is -2.23. The van der Waals surface area contributed by atoms with Gasteiger partial charge in [0.25, 0.3) is 0 Å². The highest BCUT2D eigenvalue weighted by Crippen LogP contribution is 2.31. The average Bonchev–Trinajstić information content (AvgIpc) is 2.51. The van der Waals surface area contributed by atoms with Gasteiger partial charge in [-0.15, -0.1) is 0 Å². The number of carbonyl (C=O) groups is 2. The highest BCUT2D eigenvalue weighted by Gasteiger charge is 2.43. The summed E-state index contributed by atoms with van der Waals surface area (Å²) in [4.78, 5) is 22.4. The van der Waals surface area contributed by atoms with Gasteiger partial charge in [-0.05, 0) is 19.9 Å². The van der Waals surface area contributed by atoms with Crippen LogP contribution >= 0.6 is 0 Å². The van der Waals surface area contributed by atoms with E-state index in [0.29, 0.717) is 13.0 Å². The van der Waals surface area contributed by atoms with E-state index in [1.165, 1.54) is 14.0 Å². The molecule has 0 saturated carbocycles. The molecule has 4 heteroatoms. The van der Waals surface area contributed by atoms with Gasteiger partial charge in [-0.1, -0.05) is 0 Å². The van der Waals surface area contributed by atoms with Crippen LogP contribution in [0.15, 0.2) is 0 Å². The molecule has 0 bridgehead atoms. The van der Waals surface area contributed by atoms with Gasteiger partial charge in [0.1, 0.15) is 5.78 Å². The predicted molar refractivity (Wildman–Crippen MR) is 47.2 cm³/mol. The molecule has 1 heterocycles. The summed E-state index contributed by atoms with van der Waals surface area (Å²) < 4.78 is 4.71. The lowest BCUT2D eigenvalue weighted by Crippen LogP contribution is -2.36. The molecule has 1 aliphatic heterocycles. The van der Waals surface area contributed by atoms with Crippen molar-refractivity contribution < 1.29 is 14.3 Å². The van der Waals surface area contributed by atoms with Crippen LogP contribution in [0.4, 0.5) is 0 Å². The first-order valence-corrected chi connectivity index (χ1v) is 4.39. The normalized spacial score (nSPS) is 27.2. The number of esters is 1. The highest BCUT2D eigenvalue weighted by atomic mass is 16.5. The van der Waals surface area contributed by atoms with E-state index in [9.17, 15) is 9.59 Å². The van der Waals surface area contributed by atoms with E-state index in [-0.39, 0.29) is 18.2 Å². The van der Waals surface area contributed by atoms with Crippen LogP contribution in [0.5, 0.6) is 0 Å². The fourth-order valence-corrected chi connectivity index (χ4v) is 1.83. The first-order chi connectivity index (χ1) is 6.10. The number of nitrogens with one attached hydrogen (secondary N) is 1. The second-order valence-corrected chi connectivity index (χ2v) is 3.58. The van der Waals surface area contributed by atoms with Gasteiger partial charge in [-0.2, -0.15) is 0 Å². The molecule has 0 amide bonds. The van der Waals surface area contributed by atoms with Crippen molar-refractivity contribution in [2.75, 3.05) is 20.2 Å². The fourth-order valence-electron chi connectivity index (χ4n) is 1.83. The third kappa shape index (κ3) is 2.06. The Morgan fingerprint density at radius 3 is 2.62 bits per heavy atom. The monoisotopic (exact) mass is 185 g/mol. The van der Waals surface area contributed by atoms with Crippen LogP contribution in [-0.2, 0) is 14.3 Å². The minimum atomic E-state index is -0.597. The van der Waals surface area contributed by atoms with Crippen LogP contribution in [0.3, 0.4) is 0 Å². The molecule has 1 unspecified atom stereocenters. The topological polar surface area (TPSA) is 55.4 Å². The molecule has 1 aliphatic rings. The Bertz CT molecular complexity index is 219. The Hall–Kier alpha value is -0.900. The third-order valence-electron chi connectivity index (χ3n) is 2.45. The zero-order valence-corrected chi connectivity index (χ0v) is 8.05. The molecule has 1 rings (SSSR count). The highest BCUT2D eigenvalue weighted by molar-refractivity contribution is 5.86. The molecule has 0 aromatic rings. The number of hydrogen-bond acceptors (Lipinski definition) is 4. The summed E-state index contributed by atoms with van der Waals surface area (Å²) in [6, 6.07) is 0. The molecule has 74 valence electrons. The molecule has 0 aromatic heterocycles. The molecule has 1 saturated heterocycles. The van der Waals surface area contributed by atoms with E-state index < -0.39 is 5.41 Å². The van der Waals surface area contributed by atoms with E-state index >= 15 is 0 Å². The van der Waals surface area contributed by atoms with Gasteiger partial charge in [0.2, 0.25) is 0 Å². The molecule has 1 atom stereocenters. The standard InChI is InChI=1S/C9H15NO3/c1-7(11)5-9(8(12)13-2)3-4-10-6-9/h10H,3-6H2,1-2H3. The molecule has 4 nitrogen and oxygen atoms in total. The van der Waals surface area contributed by atoms with Crippen LogP contribution in [0, 0.1) is 5.41 Å². The van der Waals surface area contributed by atoms with Gasteiger partial charge >= 0.3 is 5.97 Å². The summed E-state index contributed by atoms with van der Waals surface area (Å²) in [5.74, 6) is -0.234. The van der Waals surface area contributed by atoms with Gasteiger partial charge in [0, 0.05) is 13.0 Å². The summed E-state index contributed by atoms with van der Waals surface area (Å²) in [5.41, 5.74) is -0.597. The molecular formula is C9H15NO3. The minimum absolute atomic E-state index is 0.0362. The number of hydrogen-bond donors (Lipinski definition) is 1. The van der Waals surface area contributed by atoms with Crippen LogP contribution in [0.2, 0.25) is 0 Å². The number of methoxy groups -OCH3 is 1. The van der Waals surface area contributed by atoms with Crippen molar-refractivity contribution in [3.8, 4) is 0 Å². The predicted octanol–water partition coefficient (Wildman–Crippen LogP) is 0.118. The maximum atomic E-state index is 11.5. The van der Waals surface area contributed by atoms with Crippen LogP contribution < -0.4 is 5.32 Å². The largest absolute Gasteiger partial charge is 0.469 e. The van der Waals surface area contributed by atoms with E-state index in [4.69, 9.17) is 4.74 Å². The quantitative estimate of drug-likeness (QED) is 0.634. The molecular weight excluding hydrogens is 170 g/mol. The van der Waals surface area contributed by atoms with Crippen molar-refractivity contribution in [2.45, 2.75) is 19.8 Å². The molecule has 1 fully saturated rings. The fraction of sp³-hybridized carbons (Fsp3) is 0.778. The summed E-state index contributed by atoms with van der Waals surface area (Å²) in [5, 5.41) is 3.08. The van der Waals surface area contributed by atoms with Crippen LogP contribution in [0.1, 0.15) is 19.8 Å². The number of ether oxygens (including phenoxy) is 1. The van der Waals surface area contributed by atoms with Crippen LogP contribution in [0.25, 0.3) is 0 Å². The minimum Gasteiger partial charge on any atom is -0.469 e. The van der Waals surface area contributed by atoms with Gasteiger partial charge in [-0.3, -0.25) is 9.59 Å². The molecule has 0 aromatic carbocycles. The summed E-state index contributed by atoms with van der Waals surface area (Å²) in [6.45, 7) is 2.84. The maximum Gasteiger partial charge on any atom is 0.313 e. The van der Waals surface area contributed by atoms with Gasteiger partial charge in [0.15, 0.2) is 0 Å². The number of ketones is 1. The lowest BCUT2D eigenvalue weighted by molar-refractivity contribution is -0.153. The Balaban J connectivity index is 2.74. The third-order valence-corrected chi connectivity index (χ3v) is 2.45. The smallest absolute Gasteiger partial charge is 0.313 e. The van der Waals surface area contributed by atoms with E-state index in [1.807, 2.05) is 0 Å². The lowest BCUT2D eigenvalue weighted by atomic mass is 9.82. The summed E-state index contributed by atoms with van der Waals surface area (Å²) >= 11 is 0. The Kier molecular flexibility index (Phi) is 3.03. The second kappa shape index (κ2) is 3.87. The van der Waals surface area contributed by atoms with Crippen molar-refractivity contribution in [3.05, 3.63) is 0 Å². The Labute approximate surface area is 77.6 Å². The molecule has 13 heavy (non-hydrogen) atoms. The second-order valence-electron chi connectivity index (χ2n) is 3.58. The average molecular weight is 185 g/mol. The van der Waals surface area contributed by atoms with Crippen LogP contribution in [-0.4, -0.2) is 32.0 Å². The van der Waals surface area contributed by atoms with Crippen molar-refractivity contribution in [3.63, 3.8) is 0 Å². The Morgan fingerprint density at radius 1 is 1.54 bits per heavy atom. The van der Waals surface area contributed by atoms with E-state index in [2.05, 4.69) is 5.32 Å². The van der Waals surface area contributed by atoms with Crippen molar-refractivity contribution in [1.82, 2.24) is 5.32 Å². The maximum absolute atomic E-state index is 11.5. The number of Topliss-reactive ketones (excluding diaryl/α,β-unsaturated/α-hetero) is 1. The first-order valence-electron chi connectivity index (χ1n) is 4.39. The summed E-state index contributed by atoms with van der Waals surface area (Å²) in [7, 11) is 1.36.